The summed E-state index contributed by atoms with van der Waals surface area (Å²) in [5.41, 5.74) is 0. The maximum atomic E-state index is 12.0. The Labute approximate surface area is 115 Å². The van der Waals surface area contributed by atoms with E-state index in [1.807, 2.05) is 23.5 Å². The van der Waals surface area contributed by atoms with Gasteiger partial charge < -0.3 is 0 Å². The van der Waals surface area contributed by atoms with Crippen molar-refractivity contribution in [3.8, 4) is 0 Å². The van der Waals surface area contributed by atoms with Gasteiger partial charge in [-0.25, -0.2) is 0 Å². The molecule has 1 saturated heterocycles. The van der Waals surface area contributed by atoms with Crippen LogP contribution in [-0.2, 0) is 4.79 Å². The Morgan fingerprint density at radius 1 is 1.12 bits per heavy atom. The highest BCUT2D eigenvalue weighted by atomic mass is 32.2. The Bertz CT molecular complexity index is 230. The van der Waals surface area contributed by atoms with E-state index >= 15 is 0 Å². The van der Waals surface area contributed by atoms with Crippen molar-refractivity contribution in [1.82, 2.24) is 0 Å². The van der Waals surface area contributed by atoms with Gasteiger partial charge in [0, 0.05) is 22.7 Å². The zero-order valence-electron chi connectivity index (χ0n) is 11.4. The van der Waals surface area contributed by atoms with Gasteiger partial charge in [0.15, 0.2) is 0 Å². The monoisotopic (exact) mass is 274 g/mol. The van der Waals surface area contributed by atoms with Crippen LogP contribution in [0.25, 0.3) is 0 Å². The maximum absolute atomic E-state index is 12.0. The lowest BCUT2D eigenvalue weighted by Crippen LogP contribution is -2.31. The second kappa shape index (κ2) is 8.47. The van der Waals surface area contributed by atoms with Crippen molar-refractivity contribution in [2.24, 2.45) is 0 Å². The molecule has 1 nitrogen and oxygen atoms in total. The van der Waals surface area contributed by atoms with Crippen molar-refractivity contribution in [1.29, 1.82) is 0 Å². The second-order valence-corrected chi connectivity index (χ2v) is 7.99. The molecule has 1 fully saturated rings. The Kier molecular flexibility index (Phi) is 7.68. The van der Waals surface area contributed by atoms with E-state index in [0.717, 1.165) is 18.6 Å². The quantitative estimate of drug-likeness (QED) is 0.634. The van der Waals surface area contributed by atoms with Gasteiger partial charge >= 0.3 is 0 Å². The van der Waals surface area contributed by atoms with Crippen molar-refractivity contribution < 1.29 is 4.79 Å². The molecule has 1 aliphatic rings. The minimum atomic E-state index is 0.275. The smallest absolute Gasteiger partial charge is 0.146 e. The summed E-state index contributed by atoms with van der Waals surface area (Å²) in [6.07, 6.45) is 7.03. The van der Waals surface area contributed by atoms with E-state index < -0.39 is 0 Å². The van der Waals surface area contributed by atoms with Crippen LogP contribution >= 0.6 is 23.5 Å². The van der Waals surface area contributed by atoms with E-state index in [-0.39, 0.29) is 5.25 Å². The van der Waals surface area contributed by atoms with Gasteiger partial charge in [0.2, 0.25) is 0 Å². The third kappa shape index (κ3) is 5.69. The topological polar surface area (TPSA) is 17.1 Å². The third-order valence-electron chi connectivity index (χ3n) is 3.44. The van der Waals surface area contributed by atoms with Crippen molar-refractivity contribution in [2.75, 3.05) is 5.75 Å². The number of thioether (sulfide) groups is 2. The number of unbranched alkanes of at least 4 members (excludes halogenated alkanes) is 4. The van der Waals surface area contributed by atoms with E-state index in [1.54, 1.807) is 0 Å². The number of Topliss-reactive ketones (excluding diaryl/α,β-unsaturated/α-hetero) is 1. The first kappa shape index (κ1) is 15.4. The molecule has 0 aromatic heterocycles. The molecule has 0 aromatic carbocycles. The average molecular weight is 274 g/mol. The summed E-state index contributed by atoms with van der Waals surface area (Å²) in [6, 6.07) is 0. The number of carbonyl (C=O) groups excluding carboxylic acids is 1. The molecule has 0 bridgehead atoms. The van der Waals surface area contributed by atoms with Crippen molar-refractivity contribution in [3.05, 3.63) is 0 Å². The Hall–Kier alpha value is 0.370. The summed E-state index contributed by atoms with van der Waals surface area (Å²) < 4.78 is 0. The first-order chi connectivity index (χ1) is 8.15. The number of rotatable bonds is 7. The van der Waals surface area contributed by atoms with Gasteiger partial charge in [0.05, 0.1) is 5.25 Å². The van der Waals surface area contributed by atoms with Crippen molar-refractivity contribution in [2.45, 2.75) is 75.0 Å². The van der Waals surface area contributed by atoms with Crippen LogP contribution in [0, 0.1) is 0 Å². The average Bonchev–Trinajstić information content (AvgIpc) is 2.32. The Balaban J connectivity index is 2.15. The van der Waals surface area contributed by atoms with E-state index in [0.29, 0.717) is 16.3 Å². The Morgan fingerprint density at radius 2 is 1.82 bits per heavy atom. The predicted molar refractivity (Wildman–Crippen MR) is 81.1 cm³/mol. The summed E-state index contributed by atoms with van der Waals surface area (Å²) >= 11 is 3.87. The van der Waals surface area contributed by atoms with E-state index in [9.17, 15) is 4.79 Å². The molecule has 1 rings (SSSR count). The van der Waals surface area contributed by atoms with Crippen LogP contribution < -0.4 is 0 Å². The number of carbonyl (C=O) groups is 1. The highest BCUT2D eigenvalue weighted by Crippen LogP contribution is 2.36. The highest BCUT2D eigenvalue weighted by molar-refractivity contribution is 8.08. The fourth-order valence-corrected chi connectivity index (χ4v) is 4.94. The fourth-order valence-electron chi connectivity index (χ4n) is 2.02. The molecule has 0 aromatic rings. The summed E-state index contributed by atoms with van der Waals surface area (Å²) in [6.45, 7) is 6.75. The molecule has 0 saturated carbocycles. The fraction of sp³-hybridized carbons (Fsp3) is 0.929. The molecule has 0 radical (unpaired) electrons. The molecule has 3 heteroatoms. The van der Waals surface area contributed by atoms with Crippen LogP contribution in [0.15, 0.2) is 0 Å². The molecule has 0 amide bonds. The first-order valence-corrected chi connectivity index (χ1v) is 8.94. The summed E-state index contributed by atoms with van der Waals surface area (Å²) in [5, 5.41) is 1.61. The van der Waals surface area contributed by atoms with E-state index in [4.69, 9.17) is 0 Å². The molecule has 17 heavy (non-hydrogen) atoms. The third-order valence-corrected chi connectivity index (χ3v) is 6.88. The number of hydrogen-bond acceptors (Lipinski definition) is 3. The molecular weight excluding hydrogens is 248 g/mol. The minimum absolute atomic E-state index is 0.275. The van der Waals surface area contributed by atoms with Gasteiger partial charge in [0.25, 0.3) is 0 Å². The lowest BCUT2D eigenvalue weighted by molar-refractivity contribution is -0.118. The first-order valence-electron chi connectivity index (χ1n) is 6.95. The molecule has 0 aliphatic carbocycles. The predicted octanol–water partition coefficient (Wildman–Crippen LogP) is 4.54. The zero-order chi connectivity index (χ0) is 12.7. The van der Waals surface area contributed by atoms with Crippen molar-refractivity contribution >= 4 is 29.3 Å². The van der Waals surface area contributed by atoms with Crippen LogP contribution in [0.1, 0.15) is 59.3 Å². The van der Waals surface area contributed by atoms with Gasteiger partial charge in [-0.2, -0.15) is 11.8 Å². The lowest BCUT2D eigenvalue weighted by atomic mass is 10.1. The van der Waals surface area contributed by atoms with Gasteiger partial charge in [-0.05, 0) is 6.42 Å². The van der Waals surface area contributed by atoms with Gasteiger partial charge in [-0.3, -0.25) is 4.79 Å². The highest BCUT2D eigenvalue weighted by Gasteiger charge is 2.29. The Morgan fingerprint density at radius 3 is 2.47 bits per heavy atom. The normalized spacial score (nSPS) is 29.2. The molecular formula is C14H26OS2. The molecule has 0 spiro atoms. The second-order valence-electron chi connectivity index (χ2n) is 5.00. The standard InChI is InChI=1S/C14H26OS2/c1-4-5-6-7-8-9-13(15)14-10-16-11(2)12(3)17-14/h11-12,14H,4-10H2,1-3H3. The SMILES string of the molecule is CCCCCCCC(=O)C1CSC(C)C(C)S1. The molecule has 3 atom stereocenters. The van der Waals surface area contributed by atoms with Crippen LogP contribution in [0.4, 0.5) is 0 Å². The molecule has 1 aliphatic heterocycles. The lowest BCUT2D eigenvalue weighted by Gasteiger charge is -2.30. The van der Waals surface area contributed by atoms with E-state index in [2.05, 4.69) is 20.8 Å². The number of hydrogen-bond donors (Lipinski definition) is 0. The molecule has 3 unspecified atom stereocenters. The summed E-state index contributed by atoms with van der Waals surface area (Å²) in [5.74, 6) is 1.53. The molecule has 0 N–H and O–H groups in total. The maximum Gasteiger partial charge on any atom is 0.146 e. The summed E-state index contributed by atoms with van der Waals surface area (Å²) in [7, 11) is 0. The minimum Gasteiger partial charge on any atom is -0.298 e. The van der Waals surface area contributed by atoms with Gasteiger partial charge in [-0.15, -0.1) is 11.8 Å². The zero-order valence-corrected chi connectivity index (χ0v) is 13.0. The van der Waals surface area contributed by atoms with Gasteiger partial charge in [-0.1, -0.05) is 46.5 Å². The summed E-state index contributed by atoms with van der Waals surface area (Å²) in [4.78, 5) is 12.0. The number of ketones is 1. The van der Waals surface area contributed by atoms with Crippen LogP contribution in [0.5, 0.6) is 0 Å². The van der Waals surface area contributed by atoms with Crippen LogP contribution in [0.3, 0.4) is 0 Å². The van der Waals surface area contributed by atoms with Crippen LogP contribution in [-0.4, -0.2) is 27.3 Å². The van der Waals surface area contributed by atoms with Gasteiger partial charge in [0.1, 0.15) is 5.78 Å². The van der Waals surface area contributed by atoms with Crippen molar-refractivity contribution in [3.63, 3.8) is 0 Å². The largest absolute Gasteiger partial charge is 0.298 e. The van der Waals surface area contributed by atoms with E-state index in [1.165, 1.54) is 25.7 Å². The molecule has 100 valence electrons. The van der Waals surface area contributed by atoms with Crippen LogP contribution in [0.2, 0.25) is 0 Å². The molecule has 1 heterocycles.